The zero-order valence-electron chi connectivity index (χ0n) is 50.4. The Morgan fingerprint density at radius 2 is 0.889 bits per heavy atom. The van der Waals surface area contributed by atoms with E-state index in [0.717, 1.165) is 41.3 Å². The van der Waals surface area contributed by atoms with Crippen LogP contribution in [0.15, 0.2) is 132 Å². The van der Waals surface area contributed by atoms with E-state index >= 15 is 0 Å². The predicted octanol–water partition coefficient (Wildman–Crippen LogP) is 13.3. The molecule has 0 heterocycles. The van der Waals surface area contributed by atoms with Crippen LogP contribution in [-0.4, -0.2) is 95.0 Å². The molecule has 2 saturated carbocycles. The van der Waals surface area contributed by atoms with Crippen molar-refractivity contribution in [2.24, 2.45) is 0 Å². The summed E-state index contributed by atoms with van der Waals surface area (Å²) in [6, 6.07) is 33.5. The molecule has 0 spiro atoms. The molecule has 0 radical (unpaired) electrons. The average molecular weight is 1170 g/mol. The van der Waals surface area contributed by atoms with Crippen LogP contribution >= 0.6 is 15.9 Å². The van der Waals surface area contributed by atoms with Gasteiger partial charge in [0.25, 0.3) is 11.8 Å². The van der Waals surface area contributed by atoms with Gasteiger partial charge in [0.15, 0.2) is 0 Å². The minimum atomic E-state index is -2.08. The first kappa shape index (κ1) is 60.1. The maximum atomic E-state index is 14.3. The Morgan fingerprint density at radius 1 is 0.519 bits per heavy atom. The Balaban J connectivity index is 0.000000269. The highest BCUT2D eigenvalue weighted by Gasteiger charge is 2.45. The zero-order valence-corrected chi connectivity index (χ0v) is 50.0. The molecule has 15 heteroatoms. The van der Waals surface area contributed by atoms with E-state index in [1.807, 2.05) is 84.0 Å². The number of rotatable bonds is 27. The van der Waals surface area contributed by atoms with Crippen LogP contribution < -0.4 is 20.1 Å². The molecule has 2 aliphatic carbocycles. The van der Waals surface area contributed by atoms with E-state index in [1.54, 1.807) is 98.8 Å². The van der Waals surface area contributed by atoms with Crippen LogP contribution in [0.25, 0.3) is 11.1 Å². The van der Waals surface area contributed by atoms with Crippen LogP contribution in [0.3, 0.4) is 0 Å². The molecule has 14 nitrogen and oxygen atoms in total. The second-order valence-electron chi connectivity index (χ2n) is 22.3. The average Bonchev–Trinajstić information content (AvgIpc) is 4.11. The predicted molar refractivity (Wildman–Crippen MR) is 320 cm³/mol. The van der Waals surface area contributed by atoms with Gasteiger partial charge in [-0.1, -0.05) is 94.8 Å². The van der Waals surface area contributed by atoms with Gasteiger partial charge < -0.3 is 39.4 Å². The van der Waals surface area contributed by atoms with Gasteiger partial charge in [-0.2, -0.15) is 0 Å². The SMILES string of the molecule is [2H]C(C(=O)NC(C)(C)C)(c1ccccc1OCCCCCC(=O)OCC)N(C(=O)c1ccc(-c2ccccc2)cc1)C1CC1.[2H]C(C(=O)NC(C)(C)C)(c1ccccc1OCCCCCC(=O)OCC)N(C(=O)c1ccc(Br)cc1)C1CC1. The third-order valence-electron chi connectivity index (χ3n) is 12.9. The number of unbranched alkanes of at least 4 members (excludes halogenated alkanes) is 4. The Bertz CT molecular complexity index is 2960. The molecule has 0 saturated heterocycles. The third kappa shape index (κ3) is 20.2. The topological polar surface area (TPSA) is 170 Å². The lowest BCUT2D eigenvalue weighted by Gasteiger charge is -2.34. The Morgan fingerprint density at radius 3 is 1.27 bits per heavy atom. The number of ether oxygens (including phenoxy) is 4. The molecule has 2 unspecified atom stereocenters. The number of amides is 4. The van der Waals surface area contributed by atoms with E-state index in [1.165, 1.54) is 9.80 Å². The lowest BCUT2D eigenvalue weighted by Crippen LogP contribution is -2.50. The number of nitrogens with zero attached hydrogens (tertiary/aromatic N) is 2. The minimum Gasteiger partial charge on any atom is -0.493 e. The molecular formula is C66H83BrN4O10. The number of halogens is 1. The Labute approximate surface area is 491 Å². The first-order chi connectivity index (χ1) is 39.5. The molecule has 4 amide bonds. The van der Waals surface area contributed by atoms with Crippen molar-refractivity contribution in [3.8, 4) is 22.6 Å². The van der Waals surface area contributed by atoms with Crippen LogP contribution in [0.5, 0.6) is 11.5 Å². The van der Waals surface area contributed by atoms with Gasteiger partial charge in [0, 0.05) is 62.7 Å². The highest BCUT2D eigenvalue weighted by molar-refractivity contribution is 9.10. The normalized spacial score (nSPS) is 14.9. The fourth-order valence-corrected chi connectivity index (χ4v) is 9.16. The van der Waals surface area contributed by atoms with Gasteiger partial charge in [-0.05, 0) is 179 Å². The molecule has 0 aliphatic heterocycles. The lowest BCUT2D eigenvalue weighted by molar-refractivity contribution is -0.144. The molecule has 2 atom stereocenters. The minimum absolute atomic E-state index is 0.205. The summed E-state index contributed by atoms with van der Waals surface area (Å²) in [4.78, 5) is 82.3. The van der Waals surface area contributed by atoms with Crippen LogP contribution in [0.2, 0.25) is 0 Å². The Hall–Kier alpha value is -7.00. The molecule has 7 rings (SSSR count). The summed E-state index contributed by atoms with van der Waals surface area (Å²) in [7, 11) is 0. The van der Waals surface area contributed by atoms with Gasteiger partial charge in [0.2, 0.25) is 11.8 Å². The molecule has 0 aromatic heterocycles. The van der Waals surface area contributed by atoms with Crippen LogP contribution in [-0.2, 0) is 28.7 Å². The Kier molecular flexibility index (Phi) is 22.8. The summed E-state index contributed by atoms with van der Waals surface area (Å²) in [6.07, 6.45) is 7.87. The maximum Gasteiger partial charge on any atom is 0.305 e. The van der Waals surface area contributed by atoms with Crippen molar-refractivity contribution in [1.29, 1.82) is 0 Å². The molecular weight excluding hydrogens is 1090 g/mol. The molecule has 2 N–H and O–H groups in total. The summed E-state index contributed by atoms with van der Waals surface area (Å²) < 4.78 is 42.7. The third-order valence-corrected chi connectivity index (χ3v) is 13.5. The molecule has 5 aromatic carbocycles. The van der Waals surface area contributed by atoms with Crippen molar-refractivity contribution >= 4 is 51.5 Å². The number of carbonyl (C=O) groups is 6. The van der Waals surface area contributed by atoms with E-state index in [4.69, 9.17) is 18.9 Å². The molecule has 81 heavy (non-hydrogen) atoms. The number of benzene rings is 5. The van der Waals surface area contributed by atoms with E-state index in [9.17, 15) is 31.5 Å². The molecule has 5 aromatic rings. The van der Waals surface area contributed by atoms with Crippen molar-refractivity contribution in [3.63, 3.8) is 0 Å². The fraction of sp³-hybridized carbons (Fsp3) is 0.455. The summed E-state index contributed by atoms with van der Waals surface area (Å²) >= 11 is 3.40. The number of hydrogen-bond acceptors (Lipinski definition) is 10. The van der Waals surface area contributed by atoms with Gasteiger partial charge in [-0.3, -0.25) is 28.8 Å². The van der Waals surface area contributed by atoms with Crippen LogP contribution in [0.1, 0.15) is 179 Å². The van der Waals surface area contributed by atoms with E-state index < -0.39 is 34.9 Å². The van der Waals surface area contributed by atoms with Crippen LogP contribution in [0.4, 0.5) is 0 Å². The van der Waals surface area contributed by atoms with Crippen LogP contribution in [0, 0.1) is 0 Å². The zero-order chi connectivity index (χ0) is 60.4. The number of esters is 2. The number of carbonyl (C=O) groups excluding carboxylic acids is 6. The standard InChI is InChI=1S/C36H44N2O5.C30H39BrN2O5/c1-5-42-32(39)18-10-7-13-25-43-31-17-12-11-16-30(31)33(34(40)37-36(2,3)4)38(29-23-24-29)35(41)28-21-19-27(20-22-28)26-14-8-6-9-15-26;1-5-37-26(34)13-7-6-10-20-38-25-12-9-8-11-24(25)27(28(35)32-30(2,3)4)33(23-18-19-23)29(36)21-14-16-22(31)17-15-21/h6,8-9,11-12,14-17,19-22,29,33H,5,7,10,13,18,23-25H2,1-4H3,(H,37,40);8-9,11-12,14-17,23,27H,5-7,10,13,18-20H2,1-4H3,(H,32,35)/i33D;27D. The quantitative estimate of drug-likeness (QED) is 0.0381. The fourth-order valence-electron chi connectivity index (χ4n) is 8.90. The number of hydrogen-bond donors (Lipinski definition) is 2. The van der Waals surface area contributed by atoms with Gasteiger partial charge in [0.1, 0.15) is 23.5 Å². The van der Waals surface area contributed by atoms with Crippen molar-refractivity contribution in [2.45, 2.75) is 168 Å². The first-order valence-corrected chi connectivity index (χ1v) is 29.3. The first-order valence-electron chi connectivity index (χ1n) is 29.5. The number of para-hydroxylation sites is 2. The molecule has 0 bridgehead atoms. The van der Waals surface area contributed by atoms with Crippen molar-refractivity contribution in [3.05, 3.63) is 154 Å². The monoisotopic (exact) mass is 1170 g/mol. The summed E-state index contributed by atoms with van der Waals surface area (Å²) in [5.41, 5.74) is 2.22. The van der Waals surface area contributed by atoms with Gasteiger partial charge in [0.05, 0.1) is 29.2 Å². The largest absolute Gasteiger partial charge is 0.493 e. The molecule has 2 fully saturated rings. The van der Waals surface area contributed by atoms with Crippen molar-refractivity contribution in [1.82, 2.24) is 20.4 Å². The summed E-state index contributed by atoms with van der Waals surface area (Å²) in [6.45, 7) is 16.1. The smallest absolute Gasteiger partial charge is 0.305 e. The molecule has 434 valence electrons. The second kappa shape index (κ2) is 30.7. The second-order valence-corrected chi connectivity index (χ2v) is 23.2. The highest BCUT2D eigenvalue weighted by Crippen LogP contribution is 2.41. The van der Waals surface area contributed by atoms with E-state index in [-0.39, 0.29) is 35.8 Å². The van der Waals surface area contributed by atoms with Gasteiger partial charge in [-0.25, -0.2) is 0 Å². The van der Waals surface area contributed by atoms with Crippen molar-refractivity contribution < 1.29 is 50.5 Å². The van der Waals surface area contributed by atoms with E-state index in [2.05, 4.69) is 26.6 Å². The number of nitrogens with one attached hydrogen (secondary N) is 2. The summed E-state index contributed by atoms with van der Waals surface area (Å²) in [5, 5.41) is 5.91. The van der Waals surface area contributed by atoms with Gasteiger partial charge in [-0.15, -0.1) is 0 Å². The maximum absolute atomic E-state index is 14.3. The van der Waals surface area contributed by atoms with E-state index in [0.29, 0.717) is 112 Å². The lowest BCUT2D eigenvalue weighted by atomic mass is 9.98. The molecule has 2 aliphatic rings. The highest BCUT2D eigenvalue weighted by atomic mass is 79.9. The van der Waals surface area contributed by atoms with Gasteiger partial charge >= 0.3 is 11.9 Å². The summed E-state index contributed by atoms with van der Waals surface area (Å²) in [5.74, 6) is -1.57. The van der Waals surface area contributed by atoms with Crippen molar-refractivity contribution in [2.75, 3.05) is 26.4 Å².